The number of aromatic nitrogens is 2. The first-order valence-corrected chi connectivity index (χ1v) is 8.40. The van der Waals surface area contributed by atoms with Crippen LogP contribution >= 0.6 is 12.4 Å². The number of aryl methyl sites for hydroxylation is 1. The van der Waals surface area contributed by atoms with Crippen molar-refractivity contribution in [3.05, 3.63) is 59.2 Å². The van der Waals surface area contributed by atoms with Crippen LogP contribution in [0.1, 0.15) is 30.7 Å². The van der Waals surface area contributed by atoms with Crippen molar-refractivity contribution in [2.75, 3.05) is 5.32 Å². The number of hydrogen-bond donors (Lipinski definition) is 1. The molecular weight excluding hydrogens is 337 g/mol. The zero-order chi connectivity index (χ0) is 17.3. The number of fused-ring (bicyclic) bond motifs is 1. The maximum atomic E-state index is 13.0. The van der Waals surface area contributed by atoms with Crippen molar-refractivity contribution in [2.45, 2.75) is 40.8 Å². The van der Waals surface area contributed by atoms with Crippen LogP contribution < -0.4 is 5.32 Å². The minimum absolute atomic E-state index is 0. The van der Waals surface area contributed by atoms with Crippen LogP contribution in [0.3, 0.4) is 0 Å². The second-order valence-corrected chi connectivity index (χ2v) is 6.75. The third-order valence-corrected chi connectivity index (χ3v) is 4.46. The predicted molar refractivity (Wildman–Crippen MR) is 105 cm³/mol. The molecule has 0 saturated carbocycles. The molecule has 0 saturated heterocycles. The van der Waals surface area contributed by atoms with Gasteiger partial charge in [-0.15, -0.1) is 12.4 Å². The topological polar surface area (TPSA) is 29.9 Å². The van der Waals surface area contributed by atoms with E-state index in [1.807, 2.05) is 6.20 Å². The van der Waals surface area contributed by atoms with E-state index in [2.05, 4.69) is 48.6 Å². The highest BCUT2D eigenvalue weighted by molar-refractivity contribution is 5.94. The molecule has 0 fully saturated rings. The fraction of sp³-hybridized carbons (Fsp3) is 0.350. The van der Waals surface area contributed by atoms with Crippen LogP contribution in [0.2, 0.25) is 0 Å². The third-order valence-electron chi connectivity index (χ3n) is 4.46. The summed E-state index contributed by atoms with van der Waals surface area (Å²) in [5.41, 5.74) is 4.80. The summed E-state index contributed by atoms with van der Waals surface area (Å²) in [5, 5.41) is 4.59. The Kier molecular flexibility index (Phi) is 6.07. The molecule has 0 atom stereocenters. The summed E-state index contributed by atoms with van der Waals surface area (Å²) in [6.45, 7) is 10.4. The zero-order valence-corrected chi connectivity index (χ0v) is 16.0. The molecule has 0 unspecified atom stereocenters. The lowest BCUT2D eigenvalue weighted by atomic mass is 10.1. The number of hydrogen-bond acceptors (Lipinski definition) is 2. The molecule has 25 heavy (non-hydrogen) atoms. The van der Waals surface area contributed by atoms with Crippen LogP contribution in [0.25, 0.3) is 10.9 Å². The molecule has 1 N–H and O–H groups in total. The molecule has 1 aromatic carbocycles. The van der Waals surface area contributed by atoms with E-state index in [4.69, 9.17) is 0 Å². The average Bonchev–Trinajstić information content (AvgIpc) is 2.79. The minimum atomic E-state index is -0.212. The van der Waals surface area contributed by atoms with Crippen molar-refractivity contribution >= 4 is 29.1 Å². The highest BCUT2D eigenvalue weighted by Gasteiger charge is 2.15. The molecule has 0 amide bonds. The van der Waals surface area contributed by atoms with Crippen LogP contribution in [-0.4, -0.2) is 9.55 Å². The maximum absolute atomic E-state index is 13.0. The predicted octanol–water partition coefficient (Wildman–Crippen LogP) is 5.48. The van der Waals surface area contributed by atoms with Gasteiger partial charge in [0.05, 0.1) is 5.52 Å². The quantitative estimate of drug-likeness (QED) is 0.651. The first-order valence-electron chi connectivity index (χ1n) is 8.40. The second-order valence-electron chi connectivity index (χ2n) is 6.75. The standard InChI is InChI=1S/C20H24FN3.ClH/c1-13(2)12-24-15(4)14(3)19-18(24)9-10-22-20(19)23-11-16-5-7-17(21)8-6-16;/h5-10,13H,11-12H2,1-4H3,(H,22,23);1H. The Morgan fingerprint density at radius 1 is 1.12 bits per heavy atom. The van der Waals surface area contributed by atoms with E-state index >= 15 is 0 Å². The molecule has 5 heteroatoms. The van der Waals surface area contributed by atoms with Crippen LogP contribution in [0.15, 0.2) is 36.5 Å². The Morgan fingerprint density at radius 3 is 2.44 bits per heavy atom. The monoisotopic (exact) mass is 361 g/mol. The molecule has 2 heterocycles. The molecule has 134 valence electrons. The molecule has 0 spiro atoms. The molecular formula is C20H25ClFN3. The SMILES string of the molecule is Cc1c(C)n(CC(C)C)c2ccnc(NCc3ccc(F)cc3)c12.Cl. The number of halogens is 2. The number of rotatable bonds is 5. The van der Waals surface area contributed by atoms with Gasteiger partial charge in [-0.25, -0.2) is 9.37 Å². The number of benzene rings is 1. The van der Waals surface area contributed by atoms with Crippen molar-refractivity contribution in [3.8, 4) is 0 Å². The molecule has 3 nitrogen and oxygen atoms in total. The van der Waals surface area contributed by atoms with E-state index < -0.39 is 0 Å². The Hall–Kier alpha value is -2.07. The van der Waals surface area contributed by atoms with Gasteiger partial charge in [0, 0.05) is 30.4 Å². The van der Waals surface area contributed by atoms with Crippen LogP contribution in [0, 0.1) is 25.6 Å². The van der Waals surface area contributed by atoms with Crippen molar-refractivity contribution in [1.82, 2.24) is 9.55 Å². The van der Waals surface area contributed by atoms with Crippen LogP contribution in [-0.2, 0) is 13.1 Å². The number of nitrogens with one attached hydrogen (secondary N) is 1. The van der Waals surface area contributed by atoms with Gasteiger partial charge in [0.25, 0.3) is 0 Å². The van der Waals surface area contributed by atoms with Crippen LogP contribution in [0.5, 0.6) is 0 Å². The molecule has 0 radical (unpaired) electrons. The van der Waals surface area contributed by atoms with Gasteiger partial charge < -0.3 is 9.88 Å². The van der Waals surface area contributed by atoms with E-state index in [9.17, 15) is 4.39 Å². The average molecular weight is 362 g/mol. The lowest BCUT2D eigenvalue weighted by Crippen LogP contribution is -2.06. The van der Waals surface area contributed by atoms with Gasteiger partial charge >= 0.3 is 0 Å². The molecule has 0 aliphatic carbocycles. The Morgan fingerprint density at radius 2 is 1.80 bits per heavy atom. The van der Waals surface area contributed by atoms with E-state index in [0.717, 1.165) is 17.9 Å². The molecule has 0 bridgehead atoms. The summed E-state index contributed by atoms with van der Waals surface area (Å²) in [4.78, 5) is 4.54. The summed E-state index contributed by atoms with van der Waals surface area (Å²) in [7, 11) is 0. The van der Waals surface area contributed by atoms with Gasteiger partial charge in [0.1, 0.15) is 11.6 Å². The Balaban J connectivity index is 0.00000225. The van der Waals surface area contributed by atoms with Crippen molar-refractivity contribution < 1.29 is 4.39 Å². The van der Waals surface area contributed by atoms with E-state index in [0.29, 0.717) is 12.5 Å². The van der Waals surface area contributed by atoms with Gasteiger partial charge in [-0.05, 0) is 49.1 Å². The zero-order valence-electron chi connectivity index (χ0n) is 15.1. The molecule has 0 aliphatic heterocycles. The molecule has 2 aromatic heterocycles. The highest BCUT2D eigenvalue weighted by Crippen LogP contribution is 2.30. The summed E-state index contributed by atoms with van der Waals surface area (Å²) < 4.78 is 15.4. The molecule has 3 rings (SSSR count). The van der Waals surface area contributed by atoms with Crippen molar-refractivity contribution in [1.29, 1.82) is 0 Å². The van der Waals surface area contributed by atoms with E-state index in [-0.39, 0.29) is 18.2 Å². The highest BCUT2D eigenvalue weighted by atomic mass is 35.5. The second kappa shape index (κ2) is 7.87. The fourth-order valence-electron chi connectivity index (χ4n) is 3.13. The Labute approximate surface area is 154 Å². The lowest BCUT2D eigenvalue weighted by molar-refractivity contribution is 0.527. The largest absolute Gasteiger partial charge is 0.365 e. The number of nitrogens with zero attached hydrogens (tertiary/aromatic N) is 2. The van der Waals surface area contributed by atoms with Gasteiger partial charge in [-0.1, -0.05) is 26.0 Å². The summed E-state index contributed by atoms with van der Waals surface area (Å²) in [6, 6.07) is 8.65. The molecule has 0 aliphatic rings. The first-order chi connectivity index (χ1) is 11.5. The van der Waals surface area contributed by atoms with Crippen molar-refractivity contribution in [2.24, 2.45) is 5.92 Å². The lowest BCUT2D eigenvalue weighted by Gasteiger charge is -2.11. The third kappa shape index (κ3) is 3.96. The number of anilines is 1. The van der Waals surface area contributed by atoms with E-state index in [1.54, 1.807) is 12.1 Å². The summed E-state index contributed by atoms with van der Waals surface area (Å²) in [6.07, 6.45) is 1.85. The Bertz CT molecular complexity index is 853. The smallest absolute Gasteiger partial charge is 0.135 e. The summed E-state index contributed by atoms with van der Waals surface area (Å²) in [5.74, 6) is 1.26. The van der Waals surface area contributed by atoms with Gasteiger partial charge in [0.15, 0.2) is 0 Å². The summed E-state index contributed by atoms with van der Waals surface area (Å²) >= 11 is 0. The molecule has 3 aromatic rings. The van der Waals surface area contributed by atoms with Crippen molar-refractivity contribution in [3.63, 3.8) is 0 Å². The van der Waals surface area contributed by atoms with Crippen LogP contribution in [0.4, 0.5) is 10.2 Å². The maximum Gasteiger partial charge on any atom is 0.135 e. The van der Waals surface area contributed by atoms with Gasteiger partial charge in [-0.3, -0.25) is 0 Å². The fourth-order valence-corrected chi connectivity index (χ4v) is 3.13. The van der Waals surface area contributed by atoms with Gasteiger partial charge in [-0.2, -0.15) is 0 Å². The van der Waals surface area contributed by atoms with E-state index in [1.165, 1.54) is 34.3 Å². The number of pyridine rings is 1. The first kappa shape index (κ1) is 19.3. The normalized spacial score (nSPS) is 11.0. The minimum Gasteiger partial charge on any atom is -0.365 e. The van der Waals surface area contributed by atoms with Gasteiger partial charge in [0.2, 0.25) is 0 Å².